The third-order valence-corrected chi connectivity index (χ3v) is 2.54. The zero-order valence-corrected chi connectivity index (χ0v) is 13.2. The Morgan fingerprint density at radius 2 is 1.44 bits per heavy atom. The van der Waals surface area contributed by atoms with Gasteiger partial charge < -0.3 is 0 Å². The van der Waals surface area contributed by atoms with Crippen molar-refractivity contribution in [3.63, 3.8) is 0 Å². The molecular formula is C14H36N2. The smallest absolute Gasteiger partial charge is 0.0211 e. The Balaban J connectivity index is -0.000000205. The van der Waals surface area contributed by atoms with Gasteiger partial charge in [-0.05, 0) is 26.3 Å². The van der Waals surface area contributed by atoms with Gasteiger partial charge in [0.05, 0.1) is 0 Å². The number of nitrogens with zero attached hydrogens (tertiary/aromatic N) is 1. The molecule has 102 valence electrons. The monoisotopic (exact) mass is 232 g/mol. The Morgan fingerprint density at radius 3 is 1.62 bits per heavy atom. The predicted molar refractivity (Wildman–Crippen MR) is 77.7 cm³/mol. The van der Waals surface area contributed by atoms with E-state index in [1.54, 1.807) is 0 Å². The number of nitrogens with one attached hydrogen (secondary N) is 1. The van der Waals surface area contributed by atoms with Gasteiger partial charge in [0.2, 0.25) is 0 Å². The van der Waals surface area contributed by atoms with Crippen molar-refractivity contribution in [2.75, 3.05) is 14.1 Å². The molecule has 0 saturated heterocycles. The SMILES string of the molecule is CC.CCC(C)C.CCCC(C)N(C)NC. The molecule has 1 unspecified atom stereocenters. The molecule has 0 amide bonds. The molecule has 2 nitrogen and oxygen atoms in total. The van der Waals surface area contributed by atoms with Crippen LogP contribution in [0, 0.1) is 5.92 Å². The van der Waals surface area contributed by atoms with E-state index in [2.05, 4.69) is 52.1 Å². The molecule has 2 heteroatoms. The third kappa shape index (κ3) is 19.5. The Hall–Kier alpha value is -0.0800. The lowest BCUT2D eigenvalue weighted by molar-refractivity contribution is 0.184. The molecular weight excluding hydrogens is 196 g/mol. The molecule has 0 rings (SSSR count). The molecule has 0 bridgehead atoms. The molecule has 0 aliphatic carbocycles. The molecule has 1 atom stereocenters. The fourth-order valence-corrected chi connectivity index (χ4v) is 0.832. The van der Waals surface area contributed by atoms with Crippen LogP contribution >= 0.6 is 0 Å². The van der Waals surface area contributed by atoms with Crippen molar-refractivity contribution >= 4 is 0 Å². The molecule has 0 aromatic rings. The summed E-state index contributed by atoms with van der Waals surface area (Å²) in [7, 11) is 4.02. The van der Waals surface area contributed by atoms with Gasteiger partial charge in [-0.2, -0.15) is 0 Å². The minimum atomic E-state index is 0.653. The summed E-state index contributed by atoms with van der Waals surface area (Å²) in [5.74, 6) is 0.884. The first kappa shape index (κ1) is 21.2. The average Bonchev–Trinajstić information content (AvgIpc) is 2.31. The highest BCUT2D eigenvalue weighted by Gasteiger charge is 2.03. The Bertz CT molecular complexity index is 103. The molecule has 0 fully saturated rings. The molecule has 0 aromatic carbocycles. The summed E-state index contributed by atoms with van der Waals surface area (Å²) in [4.78, 5) is 0. The van der Waals surface area contributed by atoms with Crippen LogP contribution in [0.15, 0.2) is 0 Å². The lowest BCUT2D eigenvalue weighted by Crippen LogP contribution is -2.38. The summed E-state index contributed by atoms with van der Waals surface area (Å²) < 4.78 is 0. The van der Waals surface area contributed by atoms with E-state index in [9.17, 15) is 0 Å². The van der Waals surface area contributed by atoms with Crippen LogP contribution in [0.1, 0.15) is 67.7 Å². The van der Waals surface area contributed by atoms with Gasteiger partial charge in [0.15, 0.2) is 0 Å². The summed E-state index contributed by atoms with van der Waals surface area (Å²) in [6, 6.07) is 0.653. The average molecular weight is 232 g/mol. The minimum Gasteiger partial charge on any atom is -0.258 e. The van der Waals surface area contributed by atoms with Crippen molar-refractivity contribution in [1.82, 2.24) is 10.4 Å². The number of rotatable bonds is 5. The first-order valence-electron chi connectivity index (χ1n) is 6.89. The molecule has 16 heavy (non-hydrogen) atoms. The maximum Gasteiger partial charge on any atom is 0.0211 e. The lowest BCUT2D eigenvalue weighted by atomic mass is 10.2. The van der Waals surface area contributed by atoms with Crippen LogP contribution in [0.3, 0.4) is 0 Å². The summed E-state index contributed by atoms with van der Waals surface area (Å²) in [6.45, 7) is 15.1. The van der Waals surface area contributed by atoms with E-state index in [-0.39, 0.29) is 0 Å². The quantitative estimate of drug-likeness (QED) is 0.710. The Morgan fingerprint density at radius 1 is 1.06 bits per heavy atom. The Labute approximate surface area is 105 Å². The van der Waals surface area contributed by atoms with Gasteiger partial charge in [-0.1, -0.05) is 54.4 Å². The van der Waals surface area contributed by atoms with Crippen molar-refractivity contribution in [1.29, 1.82) is 0 Å². The molecule has 0 heterocycles. The van der Waals surface area contributed by atoms with Crippen LogP contribution in [0.5, 0.6) is 0 Å². The third-order valence-electron chi connectivity index (χ3n) is 2.54. The van der Waals surface area contributed by atoms with Crippen molar-refractivity contribution in [3.05, 3.63) is 0 Å². The van der Waals surface area contributed by atoms with E-state index in [0.29, 0.717) is 6.04 Å². The van der Waals surface area contributed by atoms with E-state index < -0.39 is 0 Å². The highest BCUT2D eigenvalue weighted by atomic mass is 15.5. The van der Waals surface area contributed by atoms with E-state index >= 15 is 0 Å². The molecule has 0 aliphatic heterocycles. The molecule has 0 spiro atoms. The number of hydrogen-bond donors (Lipinski definition) is 1. The second-order valence-electron chi connectivity index (χ2n) is 4.27. The van der Waals surface area contributed by atoms with Gasteiger partial charge >= 0.3 is 0 Å². The predicted octanol–water partition coefficient (Wildman–Crippen LogP) is 4.32. The molecule has 0 radical (unpaired) electrons. The van der Waals surface area contributed by atoms with Crippen LogP contribution in [0.25, 0.3) is 0 Å². The van der Waals surface area contributed by atoms with Crippen molar-refractivity contribution in [3.8, 4) is 0 Å². The molecule has 0 saturated carbocycles. The molecule has 0 aliphatic rings. The van der Waals surface area contributed by atoms with E-state index in [4.69, 9.17) is 0 Å². The van der Waals surface area contributed by atoms with E-state index in [1.807, 2.05) is 20.9 Å². The standard InChI is InChI=1S/C7H18N2.C5H12.C2H6/c1-5-6-7(2)9(4)8-3;1-4-5(2)3;1-2/h7-8H,5-6H2,1-4H3;5H,4H2,1-3H3;1-2H3. The second-order valence-corrected chi connectivity index (χ2v) is 4.27. The molecule has 0 aromatic heterocycles. The highest BCUT2D eigenvalue weighted by molar-refractivity contribution is 4.56. The van der Waals surface area contributed by atoms with Gasteiger partial charge in [0, 0.05) is 13.1 Å². The van der Waals surface area contributed by atoms with Crippen LogP contribution in [-0.2, 0) is 0 Å². The normalized spacial score (nSPS) is 11.4. The maximum absolute atomic E-state index is 3.08. The summed E-state index contributed by atoms with van der Waals surface area (Å²) in [6.07, 6.45) is 3.82. The van der Waals surface area contributed by atoms with Crippen molar-refractivity contribution in [2.45, 2.75) is 73.8 Å². The topological polar surface area (TPSA) is 15.3 Å². The van der Waals surface area contributed by atoms with E-state index in [1.165, 1.54) is 19.3 Å². The van der Waals surface area contributed by atoms with Crippen LogP contribution < -0.4 is 5.43 Å². The first-order valence-corrected chi connectivity index (χ1v) is 6.89. The van der Waals surface area contributed by atoms with Crippen molar-refractivity contribution in [2.24, 2.45) is 5.92 Å². The highest BCUT2D eigenvalue weighted by Crippen LogP contribution is 1.99. The Kier molecular flexibility index (Phi) is 23.0. The summed E-state index contributed by atoms with van der Waals surface area (Å²) in [5.41, 5.74) is 3.08. The minimum absolute atomic E-state index is 0.653. The number of hydrazine groups is 1. The van der Waals surface area contributed by atoms with Gasteiger partial charge in [-0.15, -0.1) is 0 Å². The second kappa shape index (κ2) is 17.3. The maximum atomic E-state index is 3.08. The first-order chi connectivity index (χ1) is 7.49. The van der Waals surface area contributed by atoms with Crippen LogP contribution in [0.2, 0.25) is 0 Å². The van der Waals surface area contributed by atoms with Gasteiger partial charge in [-0.25, -0.2) is 5.01 Å². The van der Waals surface area contributed by atoms with Gasteiger partial charge in [0.25, 0.3) is 0 Å². The zero-order chi connectivity index (χ0) is 13.6. The van der Waals surface area contributed by atoms with Crippen LogP contribution in [0.4, 0.5) is 0 Å². The van der Waals surface area contributed by atoms with Gasteiger partial charge in [0.1, 0.15) is 0 Å². The van der Waals surface area contributed by atoms with Crippen LogP contribution in [-0.4, -0.2) is 25.1 Å². The van der Waals surface area contributed by atoms with Gasteiger partial charge in [-0.3, -0.25) is 5.43 Å². The lowest BCUT2D eigenvalue weighted by Gasteiger charge is -2.22. The summed E-state index contributed by atoms with van der Waals surface area (Å²) in [5, 5.41) is 2.13. The fraction of sp³-hybridized carbons (Fsp3) is 1.00. The van der Waals surface area contributed by atoms with Crippen molar-refractivity contribution < 1.29 is 0 Å². The zero-order valence-electron chi connectivity index (χ0n) is 13.2. The fourth-order valence-electron chi connectivity index (χ4n) is 0.832. The van der Waals surface area contributed by atoms with E-state index in [0.717, 1.165) is 5.92 Å². The largest absolute Gasteiger partial charge is 0.258 e. The number of hydrogen-bond acceptors (Lipinski definition) is 2. The molecule has 1 N–H and O–H groups in total. The summed E-state index contributed by atoms with van der Waals surface area (Å²) >= 11 is 0.